The van der Waals surface area contributed by atoms with Crippen molar-refractivity contribution in [2.45, 2.75) is 58.0 Å². The number of rotatable bonds is 9. The van der Waals surface area contributed by atoms with E-state index in [1.54, 1.807) is 0 Å². The van der Waals surface area contributed by atoms with Gasteiger partial charge >= 0.3 is 0 Å². The molecule has 1 aromatic rings. The largest absolute Gasteiger partial charge is 0.388 e. The third-order valence-corrected chi connectivity index (χ3v) is 3.89. The van der Waals surface area contributed by atoms with Gasteiger partial charge in [0.2, 0.25) is 0 Å². The van der Waals surface area contributed by atoms with Crippen molar-refractivity contribution in [2.24, 2.45) is 0 Å². The minimum atomic E-state index is -0.346. The van der Waals surface area contributed by atoms with E-state index in [4.69, 9.17) is 0 Å². The zero-order valence-corrected chi connectivity index (χ0v) is 13.6. The van der Waals surface area contributed by atoms with Gasteiger partial charge in [-0.05, 0) is 50.4 Å². The molecular formula is C18H31NO. The van der Waals surface area contributed by atoms with Crippen LogP contribution in [0.5, 0.6) is 0 Å². The van der Waals surface area contributed by atoms with Crippen molar-refractivity contribution >= 4 is 0 Å². The molecule has 0 aliphatic heterocycles. The van der Waals surface area contributed by atoms with Crippen LogP contribution in [0.3, 0.4) is 0 Å². The maximum absolute atomic E-state index is 10.3. The first-order chi connectivity index (χ1) is 9.58. The van der Waals surface area contributed by atoms with Crippen LogP contribution in [0.4, 0.5) is 0 Å². The van der Waals surface area contributed by atoms with E-state index in [9.17, 15) is 5.11 Å². The molecule has 1 unspecified atom stereocenters. The smallest absolute Gasteiger partial charge is 0.0802 e. The molecule has 0 saturated heterocycles. The van der Waals surface area contributed by atoms with E-state index in [0.29, 0.717) is 5.92 Å². The number of hydrogen-bond acceptors (Lipinski definition) is 2. The molecular weight excluding hydrogens is 246 g/mol. The highest BCUT2D eigenvalue weighted by molar-refractivity contribution is 5.28. The first kappa shape index (κ1) is 17.2. The van der Waals surface area contributed by atoms with Gasteiger partial charge in [-0.3, -0.25) is 0 Å². The molecule has 0 saturated carbocycles. The Morgan fingerprint density at radius 2 is 1.60 bits per heavy atom. The quantitative estimate of drug-likeness (QED) is 0.725. The lowest BCUT2D eigenvalue weighted by atomic mass is 9.88. The van der Waals surface area contributed by atoms with Crippen LogP contribution in [0.15, 0.2) is 24.3 Å². The predicted molar refractivity (Wildman–Crippen MR) is 87.1 cm³/mol. The summed E-state index contributed by atoms with van der Waals surface area (Å²) < 4.78 is 0. The maximum Gasteiger partial charge on any atom is 0.0802 e. The van der Waals surface area contributed by atoms with E-state index in [0.717, 1.165) is 18.5 Å². The maximum atomic E-state index is 10.3. The van der Waals surface area contributed by atoms with Crippen molar-refractivity contribution in [3.8, 4) is 0 Å². The van der Waals surface area contributed by atoms with Crippen molar-refractivity contribution in [2.75, 3.05) is 20.6 Å². The van der Waals surface area contributed by atoms with Gasteiger partial charge in [-0.1, -0.05) is 51.0 Å². The monoisotopic (exact) mass is 277 g/mol. The Bertz CT molecular complexity index is 369. The Morgan fingerprint density at radius 3 is 2.15 bits per heavy atom. The second-order valence-corrected chi connectivity index (χ2v) is 6.05. The molecule has 0 fully saturated rings. The minimum absolute atomic E-state index is 0.346. The van der Waals surface area contributed by atoms with Crippen molar-refractivity contribution < 1.29 is 5.11 Å². The van der Waals surface area contributed by atoms with Crippen molar-refractivity contribution in [3.05, 3.63) is 35.4 Å². The third-order valence-electron chi connectivity index (χ3n) is 3.89. The molecule has 1 atom stereocenters. The summed E-state index contributed by atoms with van der Waals surface area (Å²) in [5.41, 5.74) is 2.47. The molecule has 0 amide bonds. The molecule has 0 aromatic heterocycles. The van der Waals surface area contributed by atoms with E-state index < -0.39 is 0 Å². The molecule has 2 heteroatoms. The molecule has 0 heterocycles. The summed E-state index contributed by atoms with van der Waals surface area (Å²) in [5, 5.41) is 10.3. The topological polar surface area (TPSA) is 23.5 Å². The molecule has 1 aromatic carbocycles. The molecule has 0 aliphatic carbocycles. The van der Waals surface area contributed by atoms with E-state index in [1.807, 2.05) is 14.1 Å². The molecule has 1 N–H and O–H groups in total. The van der Waals surface area contributed by atoms with Gasteiger partial charge in [-0.15, -0.1) is 0 Å². The Labute approximate surface area is 124 Å². The molecule has 114 valence electrons. The number of aliphatic hydroxyl groups excluding tert-OH is 1. The van der Waals surface area contributed by atoms with Crippen LogP contribution in [0.25, 0.3) is 0 Å². The molecule has 2 nitrogen and oxygen atoms in total. The van der Waals surface area contributed by atoms with Crippen LogP contribution in [0, 0.1) is 0 Å². The van der Waals surface area contributed by atoms with E-state index >= 15 is 0 Å². The highest BCUT2D eigenvalue weighted by Crippen LogP contribution is 2.28. The van der Waals surface area contributed by atoms with Crippen LogP contribution in [0.2, 0.25) is 0 Å². The summed E-state index contributed by atoms with van der Waals surface area (Å²) in [6.07, 6.45) is 5.37. The van der Waals surface area contributed by atoms with Crippen LogP contribution in [0.1, 0.15) is 69.1 Å². The summed E-state index contributed by atoms with van der Waals surface area (Å²) in [5.74, 6) is 0.644. The lowest BCUT2D eigenvalue weighted by molar-refractivity contribution is 0.154. The molecule has 0 aliphatic rings. The van der Waals surface area contributed by atoms with Crippen LogP contribution in [-0.2, 0) is 0 Å². The lowest BCUT2D eigenvalue weighted by Gasteiger charge is -2.19. The molecule has 0 radical (unpaired) electrons. The van der Waals surface area contributed by atoms with Crippen LogP contribution < -0.4 is 0 Å². The zero-order valence-electron chi connectivity index (χ0n) is 13.6. The first-order valence-electron chi connectivity index (χ1n) is 8.01. The standard InChI is InChI=1S/C18H31NO/c1-5-8-15(9-6-2)16-10-7-11-17(14-16)18(20)12-13-19(3)4/h7,10-11,14-15,18,20H,5-6,8-9,12-13H2,1-4H3. The Hall–Kier alpha value is -0.860. The van der Waals surface area contributed by atoms with Crippen molar-refractivity contribution in [1.29, 1.82) is 0 Å². The van der Waals surface area contributed by atoms with Gasteiger partial charge < -0.3 is 10.0 Å². The highest BCUT2D eigenvalue weighted by Gasteiger charge is 2.13. The number of nitrogens with zero attached hydrogens (tertiary/aromatic N) is 1. The molecule has 0 spiro atoms. The first-order valence-corrected chi connectivity index (χ1v) is 8.01. The van der Waals surface area contributed by atoms with Gasteiger partial charge in [-0.25, -0.2) is 0 Å². The summed E-state index contributed by atoms with van der Waals surface area (Å²) in [6, 6.07) is 8.59. The van der Waals surface area contributed by atoms with Crippen LogP contribution in [-0.4, -0.2) is 30.6 Å². The molecule has 1 rings (SSSR count). The second-order valence-electron chi connectivity index (χ2n) is 6.05. The van der Waals surface area contributed by atoms with Gasteiger partial charge in [-0.2, -0.15) is 0 Å². The van der Waals surface area contributed by atoms with E-state index in [-0.39, 0.29) is 6.10 Å². The van der Waals surface area contributed by atoms with E-state index in [2.05, 4.69) is 43.0 Å². The predicted octanol–water partition coefficient (Wildman–Crippen LogP) is 4.36. The van der Waals surface area contributed by atoms with Gasteiger partial charge in [0.05, 0.1) is 6.10 Å². The Morgan fingerprint density at radius 1 is 1.00 bits per heavy atom. The Balaban J connectivity index is 2.77. The molecule has 20 heavy (non-hydrogen) atoms. The average molecular weight is 277 g/mol. The second kappa shape index (κ2) is 9.15. The van der Waals surface area contributed by atoms with Gasteiger partial charge in [0.15, 0.2) is 0 Å². The van der Waals surface area contributed by atoms with Gasteiger partial charge in [0, 0.05) is 6.54 Å². The van der Waals surface area contributed by atoms with Gasteiger partial charge in [0.1, 0.15) is 0 Å². The lowest BCUT2D eigenvalue weighted by Crippen LogP contribution is -2.16. The highest BCUT2D eigenvalue weighted by atomic mass is 16.3. The SMILES string of the molecule is CCCC(CCC)c1cccc(C(O)CCN(C)C)c1. The Kier molecular flexibility index (Phi) is 7.86. The van der Waals surface area contributed by atoms with Crippen molar-refractivity contribution in [3.63, 3.8) is 0 Å². The zero-order chi connectivity index (χ0) is 15.0. The van der Waals surface area contributed by atoms with Crippen LogP contribution >= 0.6 is 0 Å². The summed E-state index contributed by atoms with van der Waals surface area (Å²) in [7, 11) is 4.09. The van der Waals surface area contributed by atoms with Gasteiger partial charge in [0.25, 0.3) is 0 Å². The minimum Gasteiger partial charge on any atom is -0.388 e. The fourth-order valence-corrected chi connectivity index (χ4v) is 2.74. The average Bonchev–Trinajstić information content (AvgIpc) is 2.44. The molecule has 0 bridgehead atoms. The fraction of sp³-hybridized carbons (Fsp3) is 0.667. The van der Waals surface area contributed by atoms with Crippen molar-refractivity contribution in [1.82, 2.24) is 4.90 Å². The fourth-order valence-electron chi connectivity index (χ4n) is 2.74. The number of benzene rings is 1. The number of aliphatic hydroxyl groups is 1. The third kappa shape index (κ3) is 5.64. The summed E-state index contributed by atoms with van der Waals surface area (Å²) >= 11 is 0. The number of hydrogen-bond donors (Lipinski definition) is 1. The summed E-state index contributed by atoms with van der Waals surface area (Å²) in [6.45, 7) is 5.41. The normalized spacial score (nSPS) is 13.2. The summed E-state index contributed by atoms with van der Waals surface area (Å²) in [4.78, 5) is 2.12. The van der Waals surface area contributed by atoms with E-state index in [1.165, 1.54) is 31.2 Å².